The molecule has 3 rings (SSSR count). The average Bonchev–Trinajstić information content (AvgIpc) is 2.87. The van der Waals surface area contributed by atoms with E-state index in [4.69, 9.17) is 0 Å². The zero-order valence-corrected chi connectivity index (χ0v) is 23.5. The van der Waals surface area contributed by atoms with E-state index in [1.165, 1.54) is 30.0 Å². The van der Waals surface area contributed by atoms with Crippen LogP contribution in [0.25, 0.3) is 0 Å². The van der Waals surface area contributed by atoms with E-state index in [-0.39, 0.29) is 28.7 Å². The maximum Gasteiger partial charge on any atom is 0.264 e. The maximum atomic E-state index is 15.3. The third-order valence-corrected chi connectivity index (χ3v) is 9.64. The van der Waals surface area contributed by atoms with Crippen molar-refractivity contribution in [3.05, 3.63) is 59.2 Å². The van der Waals surface area contributed by atoms with E-state index >= 15 is 4.39 Å². The normalized spacial score (nSPS) is 18.6. The topological polar surface area (TPSA) is 102 Å². The molecule has 1 atom stereocenters. The van der Waals surface area contributed by atoms with Gasteiger partial charge in [0.15, 0.2) is 0 Å². The van der Waals surface area contributed by atoms with E-state index in [1.807, 2.05) is 25.1 Å². The molecule has 0 radical (unpaired) electrons. The molecule has 0 unspecified atom stereocenters. The number of carbonyl (C=O) groups is 1. The lowest BCUT2D eigenvalue weighted by Gasteiger charge is -2.26. The van der Waals surface area contributed by atoms with Gasteiger partial charge in [-0.05, 0) is 95.1 Å². The van der Waals surface area contributed by atoms with Gasteiger partial charge in [0, 0.05) is 22.3 Å². The minimum Gasteiger partial charge on any atom is -0.378 e. The van der Waals surface area contributed by atoms with Gasteiger partial charge in [-0.3, -0.25) is 4.79 Å². The van der Waals surface area contributed by atoms with Gasteiger partial charge in [0.2, 0.25) is 10.0 Å². The molecule has 0 spiro atoms. The van der Waals surface area contributed by atoms with Crippen LogP contribution in [0.2, 0.25) is 0 Å². The highest BCUT2D eigenvalue weighted by molar-refractivity contribution is 7.99. The SMILES string of the molecule is CC1CCC(S(=O)(=O)NC(=O)c2cc(F)c(N[C@H](CCN(C)C)CSc3ccc(F)cc3)c(C#N)c2)CC1. The van der Waals surface area contributed by atoms with Gasteiger partial charge in [-0.25, -0.2) is 21.9 Å². The van der Waals surface area contributed by atoms with Gasteiger partial charge < -0.3 is 10.2 Å². The molecule has 206 valence electrons. The van der Waals surface area contributed by atoms with Gasteiger partial charge in [0.05, 0.1) is 16.5 Å². The molecule has 1 saturated carbocycles. The predicted molar refractivity (Wildman–Crippen MR) is 147 cm³/mol. The number of thioether (sulfide) groups is 1. The first-order valence-corrected chi connectivity index (χ1v) is 15.1. The van der Waals surface area contributed by atoms with Crippen molar-refractivity contribution in [1.82, 2.24) is 9.62 Å². The number of amides is 1. The van der Waals surface area contributed by atoms with Crippen LogP contribution < -0.4 is 10.0 Å². The summed E-state index contributed by atoms with van der Waals surface area (Å²) >= 11 is 1.47. The molecule has 2 aromatic rings. The third kappa shape index (κ3) is 8.41. The van der Waals surface area contributed by atoms with Crippen molar-refractivity contribution in [3.63, 3.8) is 0 Å². The number of anilines is 1. The fourth-order valence-corrected chi connectivity index (χ4v) is 6.73. The summed E-state index contributed by atoms with van der Waals surface area (Å²) in [5.41, 5.74) is -0.375. The summed E-state index contributed by atoms with van der Waals surface area (Å²) in [6.45, 7) is 2.76. The number of hydrogen-bond acceptors (Lipinski definition) is 7. The first-order valence-electron chi connectivity index (χ1n) is 12.6. The molecular weight excluding hydrogens is 530 g/mol. The zero-order chi connectivity index (χ0) is 27.9. The lowest BCUT2D eigenvalue weighted by Crippen LogP contribution is -2.40. The van der Waals surface area contributed by atoms with E-state index in [2.05, 4.69) is 17.0 Å². The van der Waals surface area contributed by atoms with Gasteiger partial charge in [0.25, 0.3) is 5.91 Å². The van der Waals surface area contributed by atoms with Gasteiger partial charge in [-0.1, -0.05) is 6.92 Å². The largest absolute Gasteiger partial charge is 0.378 e. The van der Waals surface area contributed by atoms with Crippen LogP contribution in [0.4, 0.5) is 14.5 Å². The predicted octanol–water partition coefficient (Wildman–Crippen LogP) is 5.00. The Hall–Kier alpha value is -2.68. The monoisotopic (exact) mass is 564 g/mol. The van der Waals surface area contributed by atoms with Crippen molar-refractivity contribution in [2.45, 2.75) is 55.2 Å². The Morgan fingerprint density at radius 3 is 2.42 bits per heavy atom. The van der Waals surface area contributed by atoms with Crippen molar-refractivity contribution < 1.29 is 22.0 Å². The first kappa shape index (κ1) is 29.9. The average molecular weight is 565 g/mol. The van der Waals surface area contributed by atoms with Crippen LogP contribution in [0.3, 0.4) is 0 Å². The Labute approximate surface area is 228 Å². The highest BCUT2D eigenvalue weighted by atomic mass is 32.2. The lowest BCUT2D eigenvalue weighted by atomic mass is 9.91. The van der Waals surface area contributed by atoms with Crippen LogP contribution in [-0.2, 0) is 10.0 Å². The van der Waals surface area contributed by atoms with Crippen LogP contribution in [0.1, 0.15) is 54.9 Å². The standard InChI is InChI=1S/C27H34F2N4O3S2/c1-18-4-10-24(11-5-18)38(35,36)32-27(34)19-14-20(16-30)26(25(29)15-19)31-22(12-13-33(2)3)17-37-23-8-6-21(28)7-9-23/h6-9,14-15,18,22,24,31H,4-5,10-13,17H2,1-3H3,(H,32,34)/t18?,22-,24?/m1/s1. The highest BCUT2D eigenvalue weighted by Crippen LogP contribution is 2.29. The van der Waals surface area contributed by atoms with Gasteiger partial charge >= 0.3 is 0 Å². The summed E-state index contributed by atoms with van der Waals surface area (Å²) in [7, 11) is -0.0841. The summed E-state index contributed by atoms with van der Waals surface area (Å²) in [6, 6.07) is 9.91. The molecule has 2 N–H and O–H groups in total. The molecule has 1 aliphatic carbocycles. The molecule has 0 aliphatic heterocycles. The van der Waals surface area contributed by atoms with E-state index in [0.717, 1.165) is 23.8 Å². The molecule has 0 heterocycles. The van der Waals surface area contributed by atoms with E-state index in [0.29, 0.717) is 37.5 Å². The van der Waals surface area contributed by atoms with Crippen molar-refractivity contribution >= 4 is 33.4 Å². The number of carbonyl (C=O) groups excluding carboxylic acids is 1. The second kappa shape index (κ2) is 13.4. The van der Waals surface area contributed by atoms with Crippen LogP contribution in [0.15, 0.2) is 41.3 Å². The summed E-state index contributed by atoms with van der Waals surface area (Å²) in [4.78, 5) is 15.6. The molecule has 1 fully saturated rings. The molecule has 0 aromatic heterocycles. The first-order chi connectivity index (χ1) is 18.0. The van der Waals surface area contributed by atoms with Crippen molar-refractivity contribution in [3.8, 4) is 6.07 Å². The molecule has 38 heavy (non-hydrogen) atoms. The third-order valence-electron chi connectivity index (χ3n) is 6.65. The quantitative estimate of drug-likeness (QED) is 0.371. The summed E-state index contributed by atoms with van der Waals surface area (Å²) in [5, 5.41) is 12.2. The van der Waals surface area contributed by atoms with E-state index in [9.17, 15) is 22.9 Å². The number of sulfonamides is 1. The van der Waals surface area contributed by atoms with Crippen molar-refractivity contribution in [1.29, 1.82) is 5.26 Å². The Morgan fingerprint density at radius 1 is 1.16 bits per heavy atom. The Balaban J connectivity index is 1.76. The molecule has 1 amide bonds. The van der Waals surface area contributed by atoms with Crippen LogP contribution >= 0.6 is 11.8 Å². The van der Waals surface area contributed by atoms with E-state index in [1.54, 1.807) is 12.1 Å². The van der Waals surface area contributed by atoms with Crippen molar-refractivity contribution in [2.24, 2.45) is 5.92 Å². The Bertz CT molecular complexity index is 1260. The van der Waals surface area contributed by atoms with Crippen LogP contribution in [0, 0.1) is 28.9 Å². The van der Waals surface area contributed by atoms with Gasteiger partial charge in [-0.2, -0.15) is 5.26 Å². The fourth-order valence-electron chi connectivity index (χ4n) is 4.33. The Morgan fingerprint density at radius 2 is 1.82 bits per heavy atom. The van der Waals surface area contributed by atoms with Gasteiger partial charge in [0.1, 0.15) is 17.7 Å². The number of hydrogen-bond donors (Lipinski definition) is 2. The zero-order valence-electron chi connectivity index (χ0n) is 21.8. The number of nitrogens with one attached hydrogen (secondary N) is 2. The summed E-state index contributed by atoms with van der Waals surface area (Å²) in [5.74, 6) is -1.14. The Kier molecular flexibility index (Phi) is 10.5. The number of benzene rings is 2. The maximum absolute atomic E-state index is 15.3. The highest BCUT2D eigenvalue weighted by Gasteiger charge is 2.31. The summed E-state index contributed by atoms with van der Waals surface area (Å²) < 4.78 is 56.0. The number of halogens is 2. The molecule has 0 bridgehead atoms. The van der Waals surface area contributed by atoms with Crippen molar-refractivity contribution in [2.75, 3.05) is 31.7 Å². The second-order valence-corrected chi connectivity index (χ2v) is 13.1. The molecular formula is C27H34F2N4O3S2. The number of rotatable bonds is 11. The fraction of sp³-hybridized carbons (Fsp3) is 0.481. The minimum absolute atomic E-state index is 0.0448. The molecule has 1 aliphatic rings. The molecule has 7 nitrogen and oxygen atoms in total. The molecule has 0 saturated heterocycles. The number of nitriles is 1. The minimum atomic E-state index is -3.92. The van der Waals surface area contributed by atoms with Crippen LogP contribution in [0.5, 0.6) is 0 Å². The smallest absolute Gasteiger partial charge is 0.264 e. The lowest BCUT2D eigenvalue weighted by molar-refractivity contribution is 0.0980. The van der Waals surface area contributed by atoms with Crippen LogP contribution in [-0.4, -0.2) is 56.9 Å². The summed E-state index contributed by atoms with van der Waals surface area (Å²) in [6.07, 6.45) is 3.10. The van der Waals surface area contributed by atoms with Gasteiger partial charge in [-0.15, -0.1) is 11.8 Å². The number of nitrogens with zero attached hydrogens (tertiary/aromatic N) is 2. The molecule has 2 aromatic carbocycles. The van der Waals surface area contributed by atoms with E-state index < -0.39 is 27.0 Å². The second-order valence-electron chi connectivity index (χ2n) is 10.0. The molecule has 11 heteroatoms.